The van der Waals surface area contributed by atoms with Crippen LogP contribution in [0.3, 0.4) is 0 Å². The lowest BCUT2D eigenvalue weighted by Gasteiger charge is -2.19. The molecule has 2 aromatic carbocycles. The molecule has 1 atom stereocenters. The Bertz CT molecular complexity index is 642. The number of aromatic hydroxyl groups is 1. The molecule has 1 aliphatic heterocycles. The molecule has 4 nitrogen and oxygen atoms in total. The van der Waals surface area contributed by atoms with Crippen LogP contribution in [-0.4, -0.2) is 24.9 Å². The second kappa shape index (κ2) is 6.71. The molecule has 0 amide bonds. The van der Waals surface area contributed by atoms with Gasteiger partial charge in [-0.2, -0.15) is 0 Å². The maximum absolute atomic E-state index is 9.52. The van der Waals surface area contributed by atoms with Gasteiger partial charge in [-0.15, -0.1) is 0 Å². The van der Waals surface area contributed by atoms with E-state index in [2.05, 4.69) is 24.4 Å². The Morgan fingerprint density at radius 2 is 1.91 bits per heavy atom. The van der Waals surface area contributed by atoms with Crippen LogP contribution >= 0.6 is 0 Å². The van der Waals surface area contributed by atoms with E-state index in [0.29, 0.717) is 19.0 Å². The van der Waals surface area contributed by atoms with E-state index in [1.165, 1.54) is 5.56 Å². The van der Waals surface area contributed by atoms with Gasteiger partial charge in [-0.05, 0) is 55.3 Å². The fourth-order valence-corrected chi connectivity index (χ4v) is 2.59. The molecule has 1 unspecified atom stereocenters. The van der Waals surface area contributed by atoms with Crippen molar-refractivity contribution in [3.05, 3.63) is 53.6 Å². The first-order valence-corrected chi connectivity index (χ1v) is 7.63. The Morgan fingerprint density at radius 3 is 2.73 bits per heavy atom. The SMILES string of the molecule is CC(NCCc1ccc2c(c1)OCCO2)c1cccc(O)c1. The summed E-state index contributed by atoms with van der Waals surface area (Å²) >= 11 is 0. The number of phenols is 1. The van der Waals surface area contributed by atoms with Crippen LogP contribution in [-0.2, 0) is 6.42 Å². The van der Waals surface area contributed by atoms with Crippen LogP contribution in [0.1, 0.15) is 24.1 Å². The molecule has 2 N–H and O–H groups in total. The lowest BCUT2D eigenvalue weighted by Crippen LogP contribution is -2.21. The smallest absolute Gasteiger partial charge is 0.161 e. The van der Waals surface area contributed by atoms with Gasteiger partial charge in [0.2, 0.25) is 0 Å². The van der Waals surface area contributed by atoms with Gasteiger partial charge in [-0.25, -0.2) is 0 Å². The average molecular weight is 299 g/mol. The van der Waals surface area contributed by atoms with Crippen molar-refractivity contribution >= 4 is 0 Å². The second-order valence-electron chi connectivity index (χ2n) is 5.50. The fraction of sp³-hybridized carbons (Fsp3) is 0.333. The highest BCUT2D eigenvalue weighted by molar-refractivity contribution is 5.43. The van der Waals surface area contributed by atoms with Crippen LogP contribution in [0.2, 0.25) is 0 Å². The van der Waals surface area contributed by atoms with Crippen molar-refractivity contribution in [3.63, 3.8) is 0 Å². The minimum atomic E-state index is 0.198. The third-order valence-electron chi connectivity index (χ3n) is 3.84. The number of phenolic OH excluding ortho intramolecular Hbond substituents is 1. The van der Waals surface area contributed by atoms with Gasteiger partial charge in [-0.3, -0.25) is 0 Å². The Hall–Kier alpha value is -2.20. The van der Waals surface area contributed by atoms with Gasteiger partial charge < -0.3 is 19.9 Å². The van der Waals surface area contributed by atoms with Gasteiger partial charge in [-0.1, -0.05) is 18.2 Å². The molecule has 0 saturated carbocycles. The molecule has 0 aromatic heterocycles. The maximum Gasteiger partial charge on any atom is 0.161 e. The van der Waals surface area contributed by atoms with Crippen molar-refractivity contribution in [2.24, 2.45) is 0 Å². The highest BCUT2D eigenvalue weighted by atomic mass is 16.6. The molecule has 4 heteroatoms. The van der Waals surface area contributed by atoms with E-state index in [1.807, 2.05) is 18.2 Å². The standard InChI is InChI=1S/C18H21NO3/c1-13(15-3-2-4-16(20)12-15)19-8-7-14-5-6-17-18(11-14)22-10-9-21-17/h2-6,11-13,19-20H,7-10H2,1H3. The molecule has 0 spiro atoms. The van der Waals surface area contributed by atoms with E-state index >= 15 is 0 Å². The van der Waals surface area contributed by atoms with Crippen molar-refractivity contribution in [3.8, 4) is 17.2 Å². The fourth-order valence-electron chi connectivity index (χ4n) is 2.59. The average Bonchev–Trinajstić information content (AvgIpc) is 2.54. The van der Waals surface area contributed by atoms with E-state index < -0.39 is 0 Å². The van der Waals surface area contributed by atoms with Crippen molar-refractivity contribution in [1.29, 1.82) is 0 Å². The van der Waals surface area contributed by atoms with Gasteiger partial charge >= 0.3 is 0 Å². The first-order valence-electron chi connectivity index (χ1n) is 7.63. The summed E-state index contributed by atoms with van der Waals surface area (Å²) in [6.07, 6.45) is 0.916. The largest absolute Gasteiger partial charge is 0.508 e. The first kappa shape index (κ1) is 14.7. The third-order valence-corrected chi connectivity index (χ3v) is 3.84. The molecule has 22 heavy (non-hydrogen) atoms. The molecule has 0 aliphatic carbocycles. The minimum absolute atomic E-state index is 0.198. The molecule has 0 bridgehead atoms. The van der Waals surface area contributed by atoms with Crippen molar-refractivity contribution < 1.29 is 14.6 Å². The molecule has 0 fully saturated rings. The van der Waals surface area contributed by atoms with E-state index in [-0.39, 0.29) is 6.04 Å². The Kier molecular flexibility index (Phi) is 4.49. The van der Waals surface area contributed by atoms with Gasteiger partial charge in [0.1, 0.15) is 19.0 Å². The quantitative estimate of drug-likeness (QED) is 0.891. The van der Waals surface area contributed by atoms with Gasteiger partial charge in [0.25, 0.3) is 0 Å². The Labute approximate surface area is 130 Å². The van der Waals surface area contributed by atoms with E-state index in [1.54, 1.807) is 12.1 Å². The molecular formula is C18H21NO3. The molecule has 1 aliphatic rings. The predicted octanol–water partition coefficient (Wildman–Crippen LogP) is 3.06. The zero-order valence-corrected chi connectivity index (χ0v) is 12.7. The first-order chi connectivity index (χ1) is 10.7. The predicted molar refractivity (Wildman–Crippen MR) is 85.7 cm³/mol. The highest BCUT2D eigenvalue weighted by Crippen LogP contribution is 2.30. The summed E-state index contributed by atoms with van der Waals surface area (Å²) in [7, 11) is 0. The highest BCUT2D eigenvalue weighted by Gasteiger charge is 2.11. The lowest BCUT2D eigenvalue weighted by molar-refractivity contribution is 0.171. The second-order valence-corrected chi connectivity index (χ2v) is 5.50. The van der Waals surface area contributed by atoms with Crippen molar-refractivity contribution in [2.75, 3.05) is 19.8 Å². The summed E-state index contributed by atoms with van der Waals surface area (Å²) in [6.45, 7) is 4.19. The van der Waals surface area contributed by atoms with Crippen LogP contribution in [0, 0.1) is 0 Å². The summed E-state index contributed by atoms with van der Waals surface area (Å²) in [4.78, 5) is 0. The molecule has 116 valence electrons. The third kappa shape index (κ3) is 3.52. The van der Waals surface area contributed by atoms with Gasteiger partial charge in [0, 0.05) is 6.04 Å². The zero-order valence-electron chi connectivity index (χ0n) is 12.7. The number of ether oxygens (including phenoxy) is 2. The number of hydrogen-bond donors (Lipinski definition) is 2. The summed E-state index contributed by atoms with van der Waals surface area (Å²) in [5.74, 6) is 1.97. The number of nitrogens with one attached hydrogen (secondary N) is 1. The minimum Gasteiger partial charge on any atom is -0.508 e. The van der Waals surface area contributed by atoms with Crippen LogP contribution in [0.15, 0.2) is 42.5 Å². The Morgan fingerprint density at radius 1 is 1.09 bits per heavy atom. The van der Waals surface area contributed by atoms with Crippen LogP contribution in [0.25, 0.3) is 0 Å². The molecule has 1 heterocycles. The van der Waals surface area contributed by atoms with E-state index in [4.69, 9.17) is 9.47 Å². The summed E-state index contributed by atoms with van der Waals surface area (Å²) in [6, 6.07) is 13.7. The molecule has 3 rings (SSSR count). The maximum atomic E-state index is 9.52. The van der Waals surface area contributed by atoms with Crippen molar-refractivity contribution in [2.45, 2.75) is 19.4 Å². The summed E-state index contributed by atoms with van der Waals surface area (Å²) < 4.78 is 11.1. The van der Waals surface area contributed by atoms with Crippen molar-refractivity contribution in [1.82, 2.24) is 5.32 Å². The van der Waals surface area contributed by atoms with Crippen LogP contribution < -0.4 is 14.8 Å². The van der Waals surface area contributed by atoms with E-state index in [0.717, 1.165) is 30.0 Å². The lowest BCUT2D eigenvalue weighted by atomic mass is 10.1. The number of benzene rings is 2. The van der Waals surface area contributed by atoms with Gasteiger partial charge in [0.05, 0.1) is 0 Å². The number of rotatable bonds is 5. The van der Waals surface area contributed by atoms with E-state index in [9.17, 15) is 5.11 Å². The topological polar surface area (TPSA) is 50.7 Å². The van der Waals surface area contributed by atoms with Gasteiger partial charge in [0.15, 0.2) is 11.5 Å². The molecule has 0 radical (unpaired) electrons. The van der Waals surface area contributed by atoms with Crippen LogP contribution in [0.5, 0.6) is 17.2 Å². The summed E-state index contributed by atoms with van der Waals surface area (Å²) in [5.41, 5.74) is 2.31. The molecule has 2 aromatic rings. The Balaban J connectivity index is 1.54. The van der Waals surface area contributed by atoms with Crippen LogP contribution in [0.4, 0.5) is 0 Å². The molecular weight excluding hydrogens is 278 g/mol. The number of hydrogen-bond acceptors (Lipinski definition) is 4. The molecule has 0 saturated heterocycles. The summed E-state index contributed by atoms with van der Waals surface area (Å²) in [5, 5.41) is 13.0. The monoisotopic (exact) mass is 299 g/mol. The zero-order chi connectivity index (χ0) is 15.4. The number of fused-ring (bicyclic) bond motifs is 1. The normalized spacial score (nSPS) is 14.6.